The Morgan fingerprint density at radius 3 is 2.66 bits per heavy atom. The highest BCUT2D eigenvalue weighted by Crippen LogP contribution is 2.30. The number of ether oxygens (including phenoxy) is 1. The Hall–Kier alpha value is -3.93. The molecule has 0 atom stereocenters. The van der Waals surface area contributed by atoms with Crippen LogP contribution in [0.3, 0.4) is 0 Å². The number of fused-ring (bicyclic) bond motifs is 3. The molecule has 0 fully saturated rings. The zero-order chi connectivity index (χ0) is 19.5. The third-order valence-corrected chi connectivity index (χ3v) is 4.67. The molecule has 0 saturated heterocycles. The smallest absolute Gasteiger partial charge is 0.196 e. The summed E-state index contributed by atoms with van der Waals surface area (Å²) in [6.45, 7) is 1.11. The van der Waals surface area contributed by atoms with Crippen molar-refractivity contribution in [2.45, 2.75) is 13.2 Å². The quantitative estimate of drug-likeness (QED) is 0.447. The molecule has 0 radical (unpaired) electrons. The molecule has 0 saturated carbocycles. The highest BCUT2D eigenvalue weighted by atomic mass is 16.5. The maximum atomic E-state index is 5.95. The molecule has 5 rings (SSSR count). The van der Waals surface area contributed by atoms with E-state index in [1.54, 1.807) is 18.7 Å². The van der Waals surface area contributed by atoms with E-state index in [0.717, 1.165) is 33.4 Å². The van der Waals surface area contributed by atoms with E-state index in [2.05, 4.69) is 20.3 Å². The van der Waals surface area contributed by atoms with Gasteiger partial charge in [0.15, 0.2) is 11.4 Å². The van der Waals surface area contributed by atoms with Crippen LogP contribution >= 0.6 is 0 Å². The average Bonchev–Trinajstić information content (AvgIpc) is 3.17. The van der Waals surface area contributed by atoms with E-state index in [9.17, 15) is 0 Å². The van der Waals surface area contributed by atoms with Gasteiger partial charge < -0.3 is 14.5 Å². The van der Waals surface area contributed by atoms with Crippen LogP contribution in [0.1, 0.15) is 11.1 Å². The van der Waals surface area contributed by atoms with Crippen molar-refractivity contribution in [2.75, 3.05) is 5.32 Å². The minimum Gasteiger partial charge on any atom is -0.489 e. The SMILES string of the molecule is c1cncc(COc2ccc(CNc3ncnc4c3oc3ccccc34)cc2)c1. The number of hydrogen-bond donors (Lipinski definition) is 1. The van der Waals surface area contributed by atoms with E-state index in [1.807, 2.05) is 60.7 Å². The van der Waals surface area contributed by atoms with Crippen LogP contribution in [0.5, 0.6) is 5.75 Å². The molecule has 29 heavy (non-hydrogen) atoms. The van der Waals surface area contributed by atoms with Crippen LogP contribution in [0.15, 0.2) is 83.8 Å². The van der Waals surface area contributed by atoms with Crippen LogP contribution in [0, 0.1) is 0 Å². The van der Waals surface area contributed by atoms with Crippen molar-refractivity contribution in [1.29, 1.82) is 0 Å². The summed E-state index contributed by atoms with van der Waals surface area (Å²) in [6, 6.07) is 19.7. The van der Waals surface area contributed by atoms with Gasteiger partial charge in [-0.1, -0.05) is 30.3 Å². The molecule has 0 bridgehead atoms. The van der Waals surface area contributed by atoms with Gasteiger partial charge in [0.2, 0.25) is 0 Å². The molecular weight excluding hydrogens is 364 g/mol. The normalized spacial score (nSPS) is 11.0. The molecule has 0 aliphatic heterocycles. The monoisotopic (exact) mass is 382 g/mol. The van der Waals surface area contributed by atoms with Gasteiger partial charge in [0.1, 0.15) is 29.8 Å². The summed E-state index contributed by atoms with van der Waals surface area (Å²) in [4.78, 5) is 12.8. The van der Waals surface area contributed by atoms with Crippen molar-refractivity contribution in [3.05, 3.63) is 90.5 Å². The van der Waals surface area contributed by atoms with Gasteiger partial charge in [0.25, 0.3) is 0 Å². The summed E-state index contributed by atoms with van der Waals surface area (Å²) >= 11 is 0. The second-order valence-corrected chi connectivity index (χ2v) is 6.65. The summed E-state index contributed by atoms with van der Waals surface area (Å²) in [7, 11) is 0. The van der Waals surface area contributed by atoms with Gasteiger partial charge in [-0.2, -0.15) is 0 Å². The predicted octanol–water partition coefficient (Wildman–Crippen LogP) is 4.96. The zero-order valence-electron chi connectivity index (χ0n) is 15.6. The lowest BCUT2D eigenvalue weighted by Gasteiger charge is -2.08. The fourth-order valence-corrected chi connectivity index (χ4v) is 3.19. The Labute approximate surface area is 167 Å². The lowest BCUT2D eigenvalue weighted by molar-refractivity contribution is 0.305. The van der Waals surface area contributed by atoms with Gasteiger partial charge in [-0.05, 0) is 35.9 Å². The highest BCUT2D eigenvalue weighted by molar-refractivity contribution is 6.05. The molecule has 0 aliphatic rings. The molecular formula is C23H18N4O2. The highest BCUT2D eigenvalue weighted by Gasteiger charge is 2.12. The van der Waals surface area contributed by atoms with Crippen LogP contribution in [0.2, 0.25) is 0 Å². The molecule has 0 amide bonds. The van der Waals surface area contributed by atoms with E-state index < -0.39 is 0 Å². The molecule has 6 nitrogen and oxygen atoms in total. The number of aromatic nitrogens is 3. The first-order valence-electron chi connectivity index (χ1n) is 9.33. The average molecular weight is 382 g/mol. The van der Waals surface area contributed by atoms with Crippen LogP contribution in [0.4, 0.5) is 5.82 Å². The summed E-state index contributed by atoms with van der Waals surface area (Å²) in [5.74, 6) is 1.50. The largest absolute Gasteiger partial charge is 0.489 e. The van der Waals surface area contributed by atoms with E-state index in [0.29, 0.717) is 24.6 Å². The number of rotatable bonds is 6. The zero-order valence-corrected chi connectivity index (χ0v) is 15.6. The minimum absolute atomic E-state index is 0.496. The third kappa shape index (κ3) is 3.60. The summed E-state index contributed by atoms with van der Waals surface area (Å²) in [6.07, 6.45) is 5.11. The maximum Gasteiger partial charge on any atom is 0.196 e. The van der Waals surface area contributed by atoms with Gasteiger partial charge >= 0.3 is 0 Å². The minimum atomic E-state index is 0.496. The van der Waals surface area contributed by atoms with Crippen LogP contribution in [-0.4, -0.2) is 15.0 Å². The Bertz CT molecular complexity index is 1250. The third-order valence-electron chi connectivity index (χ3n) is 4.67. The molecule has 2 aromatic carbocycles. The number of hydrogen-bond acceptors (Lipinski definition) is 6. The molecule has 3 heterocycles. The second kappa shape index (κ2) is 7.59. The first kappa shape index (κ1) is 17.2. The lowest BCUT2D eigenvalue weighted by atomic mass is 10.2. The molecule has 1 N–H and O–H groups in total. The molecule has 0 spiro atoms. The first-order chi connectivity index (χ1) is 14.4. The van der Waals surface area contributed by atoms with E-state index in [4.69, 9.17) is 9.15 Å². The van der Waals surface area contributed by atoms with E-state index >= 15 is 0 Å². The first-order valence-corrected chi connectivity index (χ1v) is 9.33. The molecule has 5 aromatic rings. The lowest BCUT2D eigenvalue weighted by Crippen LogP contribution is -2.02. The summed E-state index contributed by atoms with van der Waals surface area (Å²) in [5.41, 5.74) is 4.45. The van der Waals surface area contributed by atoms with Crippen molar-refractivity contribution >= 4 is 27.9 Å². The van der Waals surface area contributed by atoms with Crippen molar-refractivity contribution in [3.63, 3.8) is 0 Å². The topological polar surface area (TPSA) is 73.1 Å². The molecule has 0 aliphatic carbocycles. The molecule has 6 heteroatoms. The number of furan rings is 1. The van der Waals surface area contributed by atoms with Crippen LogP contribution < -0.4 is 10.1 Å². The summed E-state index contributed by atoms with van der Waals surface area (Å²) < 4.78 is 11.8. The van der Waals surface area contributed by atoms with Gasteiger partial charge in [0.05, 0.1) is 0 Å². The van der Waals surface area contributed by atoms with Gasteiger partial charge in [-0.15, -0.1) is 0 Å². The maximum absolute atomic E-state index is 5.95. The number of nitrogens with zero attached hydrogens (tertiary/aromatic N) is 3. The van der Waals surface area contributed by atoms with Crippen molar-refractivity contribution in [3.8, 4) is 5.75 Å². The van der Waals surface area contributed by atoms with Gasteiger partial charge in [-0.25, -0.2) is 9.97 Å². The van der Waals surface area contributed by atoms with E-state index in [1.165, 1.54) is 0 Å². The fraction of sp³-hybridized carbons (Fsp3) is 0.0870. The summed E-state index contributed by atoms with van der Waals surface area (Å²) in [5, 5.41) is 4.34. The number of pyridine rings is 1. The Kier molecular flexibility index (Phi) is 4.50. The fourth-order valence-electron chi connectivity index (χ4n) is 3.19. The van der Waals surface area contributed by atoms with Crippen LogP contribution in [0.25, 0.3) is 22.1 Å². The Morgan fingerprint density at radius 1 is 0.897 bits per heavy atom. The number of benzene rings is 2. The standard InChI is InChI=1S/C23H18N4O2/c1-2-6-20-19(5-1)21-22(29-20)23(27-15-26-21)25-13-16-7-9-18(10-8-16)28-14-17-4-3-11-24-12-17/h1-12,15H,13-14H2,(H,25,26,27). The Morgan fingerprint density at radius 2 is 1.79 bits per heavy atom. The van der Waals surface area contributed by atoms with Gasteiger partial charge in [-0.3, -0.25) is 4.98 Å². The van der Waals surface area contributed by atoms with Crippen molar-refractivity contribution in [1.82, 2.24) is 15.0 Å². The Balaban J connectivity index is 1.28. The van der Waals surface area contributed by atoms with Crippen molar-refractivity contribution in [2.24, 2.45) is 0 Å². The van der Waals surface area contributed by atoms with E-state index in [-0.39, 0.29) is 0 Å². The number of para-hydroxylation sites is 1. The predicted molar refractivity (Wildman–Crippen MR) is 112 cm³/mol. The van der Waals surface area contributed by atoms with Crippen molar-refractivity contribution < 1.29 is 9.15 Å². The molecule has 0 unspecified atom stereocenters. The number of anilines is 1. The molecule has 3 aromatic heterocycles. The number of nitrogens with one attached hydrogen (secondary N) is 1. The molecule has 142 valence electrons. The second-order valence-electron chi connectivity index (χ2n) is 6.65. The van der Waals surface area contributed by atoms with Gasteiger partial charge in [0, 0.05) is 29.9 Å². The van der Waals surface area contributed by atoms with Crippen LogP contribution in [-0.2, 0) is 13.2 Å².